The molecule has 19 heavy (non-hydrogen) atoms. The molecule has 3 nitrogen and oxygen atoms in total. The molecular formula is C15H20FN3. The van der Waals surface area contributed by atoms with Gasteiger partial charge in [-0.3, -0.25) is 0 Å². The molecule has 1 aromatic rings. The van der Waals surface area contributed by atoms with Crippen LogP contribution in [0.1, 0.15) is 18.4 Å². The smallest absolute Gasteiger partial charge is 0.141 e. The maximum Gasteiger partial charge on any atom is 0.141 e. The Bertz CT molecular complexity index is 445. The lowest BCUT2D eigenvalue weighted by atomic mass is 10.2. The van der Waals surface area contributed by atoms with Crippen molar-refractivity contribution in [3.05, 3.63) is 49.0 Å². The van der Waals surface area contributed by atoms with Gasteiger partial charge in [-0.2, -0.15) is 0 Å². The van der Waals surface area contributed by atoms with Crippen LogP contribution in [0.15, 0.2) is 37.6 Å². The highest BCUT2D eigenvalue weighted by Gasteiger charge is 2.21. The summed E-state index contributed by atoms with van der Waals surface area (Å²) in [6.45, 7) is 9.48. The molecule has 0 bridgehead atoms. The van der Waals surface area contributed by atoms with Gasteiger partial charge in [0.05, 0.1) is 6.20 Å². The zero-order valence-electron chi connectivity index (χ0n) is 11.1. The third-order valence-electron chi connectivity index (χ3n) is 3.07. The van der Waals surface area contributed by atoms with Gasteiger partial charge < -0.3 is 10.2 Å². The Labute approximate surface area is 113 Å². The molecule has 4 heteroatoms. The summed E-state index contributed by atoms with van der Waals surface area (Å²) >= 11 is 0. The third-order valence-corrected chi connectivity index (χ3v) is 3.07. The Balaban J connectivity index is 2.18. The van der Waals surface area contributed by atoms with Crippen molar-refractivity contribution in [1.82, 2.24) is 10.3 Å². The summed E-state index contributed by atoms with van der Waals surface area (Å²) in [6, 6.07) is 2.14. The minimum Gasteiger partial charge on any atom is -0.349 e. The molecule has 0 amide bonds. The maximum atomic E-state index is 13.4. The van der Waals surface area contributed by atoms with Gasteiger partial charge in [0.1, 0.15) is 11.6 Å². The molecule has 102 valence electrons. The topological polar surface area (TPSA) is 28.2 Å². The highest BCUT2D eigenvalue weighted by Crippen LogP contribution is 2.22. The molecule has 1 fully saturated rings. The van der Waals surface area contributed by atoms with Gasteiger partial charge in [0, 0.05) is 31.2 Å². The van der Waals surface area contributed by atoms with Crippen molar-refractivity contribution >= 4 is 5.82 Å². The predicted octanol–water partition coefficient (Wildman–Crippen LogP) is 2.65. The predicted molar refractivity (Wildman–Crippen MR) is 76.7 cm³/mol. The zero-order valence-corrected chi connectivity index (χ0v) is 11.1. The van der Waals surface area contributed by atoms with Crippen LogP contribution >= 0.6 is 0 Å². The van der Waals surface area contributed by atoms with Crippen molar-refractivity contribution in [3.8, 4) is 0 Å². The second kappa shape index (κ2) is 6.48. The molecule has 0 saturated heterocycles. The maximum absolute atomic E-state index is 13.4. The summed E-state index contributed by atoms with van der Waals surface area (Å²) < 4.78 is 13.4. The van der Waals surface area contributed by atoms with E-state index in [1.54, 1.807) is 6.07 Å². The first kappa shape index (κ1) is 13.7. The Morgan fingerprint density at radius 3 is 2.63 bits per heavy atom. The molecule has 1 heterocycles. The minimum absolute atomic E-state index is 0.298. The van der Waals surface area contributed by atoms with Crippen molar-refractivity contribution in [3.63, 3.8) is 0 Å². The number of rotatable bonds is 8. The van der Waals surface area contributed by atoms with E-state index < -0.39 is 0 Å². The average molecular weight is 261 g/mol. The van der Waals surface area contributed by atoms with Gasteiger partial charge >= 0.3 is 0 Å². The van der Waals surface area contributed by atoms with E-state index >= 15 is 0 Å². The molecule has 0 radical (unpaired) electrons. The van der Waals surface area contributed by atoms with Gasteiger partial charge in [0.25, 0.3) is 0 Å². The van der Waals surface area contributed by atoms with E-state index in [0.717, 1.165) is 11.4 Å². The summed E-state index contributed by atoms with van der Waals surface area (Å²) in [5, 5.41) is 3.39. The monoisotopic (exact) mass is 261 g/mol. The fourth-order valence-electron chi connectivity index (χ4n) is 1.99. The lowest BCUT2D eigenvalue weighted by molar-refractivity contribution is 0.611. The molecule has 2 rings (SSSR count). The van der Waals surface area contributed by atoms with Crippen molar-refractivity contribution in [2.24, 2.45) is 0 Å². The number of halogens is 1. The molecule has 1 N–H and O–H groups in total. The molecule has 1 aliphatic rings. The number of hydrogen-bond acceptors (Lipinski definition) is 3. The molecule has 1 aliphatic carbocycles. The van der Waals surface area contributed by atoms with Crippen molar-refractivity contribution < 1.29 is 4.39 Å². The van der Waals surface area contributed by atoms with Crippen molar-refractivity contribution in [2.75, 3.05) is 18.0 Å². The van der Waals surface area contributed by atoms with Gasteiger partial charge in [-0.1, -0.05) is 12.2 Å². The number of nitrogens with zero attached hydrogens (tertiary/aromatic N) is 2. The Hall–Kier alpha value is -1.68. The summed E-state index contributed by atoms with van der Waals surface area (Å²) in [4.78, 5) is 6.26. The Kier molecular flexibility index (Phi) is 4.68. The number of pyridine rings is 1. The fraction of sp³-hybridized carbons (Fsp3) is 0.400. The van der Waals surface area contributed by atoms with E-state index in [2.05, 4.69) is 23.5 Å². The summed E-state index contributed by atoms with van der Waals surface area (Å²) in [5.74, 6) is 0.503. The van der Waals surface area contributed by atoms with Gasteiger partial charge in [0.2, 0.25) is 0 Å². The molecule has 0 aliphatic heterocycles. The molecule has 1 aromatic heterocycles. The van der Waals surface area contributed by atoms with Crippen LogP contribution in [0.5, 0.6) is 0 Å². The van der Waals surface area contributed by atoms with Crippen LogP contribution in [0, 0.1) is 5.82 Å². The largest absolute Gasteiger partial charge is 0.349 e. The third kappa shape index (κ3) is 3.89. The molecule has 0 aromatic carbocycles. The van der Waals surface area contributed by atoms with Crippen LogP contribution in [0.4, 0.5) is 10.2 Å². The average Bonchev–Trinajstić information content (AvgIpc) is 3.20. The summed E-state index contributed by atoms with van der Waals surface area (Å²) in [7, 11) is 0. The number of anilines is 1. The number of hydrogen-bond donors (Lipinski definition) is 1. The van der Waals surface area contributed by atoms with E-state index in [0.29, 0.717) is 25.7 Å². The van der Waals surface area contributed by atoms with Crippen LogP contribution in [-0.4, -0.2) is 24.1 Å². The Morgan fingerprint density at radius 2 is 2.05 bits per heavy atom. The number of aromatic nitrogens is 1. The normalized spacial score (nSPS) is 14.2. The second-order valence-corrected chi connectivity index (χ2v) is 4.77. The van der Waals surface area contributed by atoms with Crippen LogP contribution in [0.25, 0.3) is 0 Å². The first-order chi connectivity index (χ1) is 9.24. The van der Waals surface area contributed by atoms with E-state index in [4.69, 9.17) is 0 Å². The number of nitrogens with one attached hydrogen (secondary N) is 1. The van der Waals surface area contributed by atoms with Gasteiger partial charge in [0.15, 0.2) is 0 Å². The molecule has 0 atom stereocenters. The second-order valence-electron chi connectivity index (χ2n) is 4.77. The molecule has 0 unspecified atom stereocenters. The lowest BCUT2D eigenvalue weighted by Crippen LogP contribution is -2.27. The zero-order chi connectivity index (χ0) is 13.7. The van der Waals surface area contributed by atoms with Gasteiger partial charge in [-0.15, -0.1) is 13.2 Å². The lowest BCUT2D eigenvalue weighted by Gasteiger charge is -2.23. The quantitative estimate of drug-likeness (QED) is 0.729. The van der Waals surface area contributed by atoms with E-state index in [1.165, 1.54) is 19.0 Å². The van der Waals surface area contributed by atoms with Gasteiger partial charge in [-0.25, -0.2) is 9.37 Å². The SMILES string of the molecule is C=CCN(CC=C)c1ncc(F)cc1CNC1CC1. The van der Waals surface area contributed by atoms with Crippen molar-refractivity contribution in [1.29, 1.82) is 0 Å². The fourth-order valence-corrected chi connectivity index (χ4v) is 1.99. The van der Waals surface area contributed by atoms with Crippen LogP contribution in [0.3, 0.4) is 0 Å². The first-order valence-corrected chi connectivity index (χ1v) is 6.59. The first-order valence-electron chi connectivity index (χ1n) is 6.59. The van der Waals surface area contributed by atoms with E-state index in [1.807, 2.05) is 17.1 Å². The van der Waals surface area contributed by atoms with Gasteiger partial charge in [-0.05, 0) is 18.9 Å². The molecular weight excluding hydrogens is 241 g/mol. The van der Waals surface area contributed by atoms with E-state index in [-0.39, 0.29) is 5.82 Å². The standard InChI is InChI=1S/C15H20FN3/c1-3-7-19(8-4-2)15-12(9-13(16)11-18-15)10-17-14-5-6-14/h3-4,9,11,14,17H,1-2,5-8,10H2. The van der Waals surface area contributed by atoms with Crippen molar-refractivity contribution in [2.45, 2.75) is 25.4 Å². The summed E-state index contributed by atoms with van der Waals surface area (Å²) in [6.07, 6.45) is 7.30. The van der Waals surface area contributed by atoms with Crippen LogP contribution in [0.2, 0.25) is 0 Å². The van der Waals surface area contributed by atoms with Crippen LogP contribution < -0.4 is 10.2 Å². The highest BCUT2D eigenvalue weighted by atomic mass is 19.1. The summed E-state index contributed by atoms with van der Waals surface area (Å²) in [5.41, 5.74) is 0.885. The van der Waals surface area contributed by atoms with E-state index in [9.17, 15) is 4.39 Å². The minimum atomic E-state index is -0.298. The highest BCUT2D eigenvalue weighted by molar-refractivity contribution is 5.48. The molecule has 0 spiro atoms. The Morgan fingerprint density at radius 1 is 1.37 bits per heavy atom. The van der Waals surface area contributed by atoms with Crippen LogP contribution in [-0.2, 0) is 6.54 Å². The molecule has 1 saturated carbocycles.